The molecule has 0 unspecified atom stereocenters. The fourth-order valence-electron chi connectivity index (χ4n) is 1.44. The van der Waals surface area contributed by atoms with Crippen molar-refractivity contribution in [3.8, 4) is 11.5 Å². The zero-order valence-electron chi connectivity index (χ0n) is 11.6. The van der Waals surface area contributed by atoms with Crippen LogP contribution in [0.2, 0.25) is 0 Å². The van der Waals surface area contributed by atoms with Crippen LogP contribution in [0.25, 0.3) is 0 Å². The van der Waals surface area contributed by atoms with Gasteiger partial charge in [-0.25, -0.2) is 4.79 Å². The fourth-order valence-corrected chi connectivity index (χ4v) is 1.44. The minimum Gasteiger partial charge on any atom is -0.494 e. The normalized spacial score (nSPS) is 10.9. The molecular formula is C13H16F3NO4. The highest BCUT2D eigenvalue weighted by Crippen LogP contribution is 2.29. The third-order valence-electron chi connectivity index (χ3n) is 2.17. The average molecular weight is 307 g/mol. The van der Waals surface area contributed by atoms with Crippen molar-refractivity contribution < 1.29 is 32.2 Å². The maximum absolute atomic E-state index is 12.0. The Morgan fingerprint density at radius 3 is 2.43 bits per heavy atom. The number of anilines is 1. The molecule has 8 heteroatoms. The molecule has 0 saturated heterocycles. The largest absolute Gasteiger partial charge is 0.494 e. The van der Waals surface area contributed by atoms with E-state index in [-0.39, 0.29) is 5.69 Å². The predicted octanol–water partition coefficient (Wildman–Crippen LogP) is 3.59. The van der Waals surface area contributed by atoms with E-state index in [9.17, 15) is 18.0 Å². The lowest BCUT2D eigenvalue weighted by molar-refractivity contribution is -0.159. The quantitative estimate of drug-likeness (QED) is 0.872. The molecular weight excluding hydrogens is 291 g/mol. The number of amides is 1. The number of carbonyl (C=O) groups excluding carboxylic acids is 1. The standard InChI is InChI=1S/C13H16F3NO4/c1-3-19-9-5-6-11(20-4-2)10(7-9)17-12(18)21-8-13(14,15)16/h5-7H,3-4,8H2,1-2H3,(H,17,18). The smallest absolute Gasteiger partial charge is 0.422 e. The number of benzene rings is 1. The van der Waals surface area contributed by atoms with Gasteiger partial charge in [-0.3, -0.25) is 5.32 Å². The van der Waals surface area contributed by atoms with E-state index in [0.717, 1.165) is 0 Å². The molecule has 118 valence electrons. The third kappa shape index (κ3) is 6.24. The monoisotopic (exact) mass is 307 g/mol. The van der Waals surface area contributed by atoms with E-state index in [1.165, 1.54) is 6.07 Å². The molecule has 5 nitrogen and oxygen atoms in total. The van der Waals surface area contributed by atoms with Crippen molar-refractivity contribution in [1.29, 1.82) is 0 Å². The molecule has 0 aliphatic carbocycles. The zero-order chi connectivity index (χ0) is 15.9. The van der Waals surface area contributed by atoms with Crippen molar-refractivity contribution >= 4 is 11.8 Å². The first-order valence-electron chi connectivity index (χ1n) is 6.26. The topological polar surface area (TPSA) is 56.8 Å². The molecule has 0 bridgehead atoms. The molecule has 1 rings (SSSR count). The Bertz CT molecular complexity index is 477. The predicted molar refractivity (Wildman–Crippen MR) is 69.8 cm³/mol. The highest BCUT2D eigenvalue weighted by Gasteiger charge is 2.29. The highest BCUT2D eigenvalue weighted by atomic mass is 19.4. The molecule has 0 atom stereocenters. The summed E-state index contributed by atoms with van der Waals surface area (Å²) >= 11 is 0. The summed E-state index contributed by atoms with van der Waals surface area (Å²) < 4.78 is 50.5. The van der Waals surface area contributed by atoms with Gasteiger partial charge in [0.1, 0.15) is 11.5 Å². The van der Waals surface area contributed by atoms with Gasteiger partial charge in [-0.2, -0.15) is 13.2 Å². The number of halogens is 3. The maximum atomic E-state index is 12.0. The second kappa shape index (κ2) is 7.61. The molecule has 0 aromatic heterocycles. The number of carbonyl (C=O) groups is 1. The minimum atomic E-state index is -4.58. The van der Waals surface area contributed by atoms with Crippen molar-refractivity contribution in [1.82, 2.24) is 0 Å². The number of rotatable bonds is 6. The van der Waals surface area contributed by atoms with E-state index in [2.05, 4.69) is 10.1 Å². The molecule has 1 amide bonds. The Morgan fingerprint density at radius 1 is 1.19 bits per heavy atom. The first-order chi connectivity index (χ1) is 9.85. The number of alkyl halides is 3. The van der Waals surface area contributed by atoms with Crippen LogP contribution in [-0.4, -0.2) is 32.1 Å². The van der Waals surface area contributed by atoms with Gasteiger partial charge >= 0.3 is 12.3 Å². The van der Waals surface area contributed by atoms with Gasteiger partial charge in [-0.15, -0.1) is 0 Å². The highest BCUT2D eigenvalue weighted by molar-refractivity contribution is 5.87. The number of nitrogens with one attached hydrogen (secondary N) is 1. The summed E-state index contributed by atoms with van der Waals surface area (Å²) in [6.45, 7) is 2.60. The van der Waals surface area contributed by atoms with Crippen LogP contribution in [-0.2, 0) is 4.74 Å². The van der Waals surface area contributed by atoms with Crippen LogP contribution in [0, 0.1) is 0 Å². The summed E-state index contributed by atoms with van der Waals surface area (Å²) in [6.07, 6.45) is -5.80. The van der Waals surface area contributed by atoms with E-state index >= 15 is 0 Å². The first-order valence-corrected chi connectivity index (χ1v) is 6.26. The summed E-state index contributed by atoms with van der Waals surface area (Å²) in [5, 5.41) is 2.20. The van der Waals surface area contributed by atoms with Crippen LogP contribution < -0.4 is 14.8 Å². The fraction of sp³-hybridized carbons (Fsp3) is 0.462. The van der Waals surface area contributed by atoms with Gasteiger partial charge < -0.3 is 14.2 Å². The lowest BCUT2D eigenvalue weighted by Gasteiger charge is -2.14. The Labute approximate surface area is 120 Å². The Kier molecular flexibility index (Phi) is 6.13. The van der Waals surface area contributed by atoms with Crippen molar-refractivity contribution in [2.75, 3.05) is 25.1 Å². The second-order valence-corrected chi connectivity index (χ2v) is 3.84. The lowest BCUT2D eigenvalue weighted by atomic mass is 10.2. The van der Waals surface area contributed by atoms with Crippen LogP contribution in [0.4, 0.5) is 23.7 Å². The van der Waals surface area contributed by atoms with Crippen molar-refractivity contribution in [2.45, 2.75) is 20.0 Å². The number of hydrogen-bond donors (Lipinski definition) is 1. The summed E-state index contributed by atoms with van der Waals surface area (Å²) in [5.41, 5.74) is 0.176. The van der Waals surface area contributed by atoms with E-state index in [1.54, 1.807) is 26.0 Å². The lowest BCUT2D eigenvalue weighted by Crippen LogP contribution is -2.23. The number of ether oxygens (including phenoxy) is 3. The van der Waals surface area contributed by atoms with Crippen molar-refractivity contribution in [3.05, 3.63) is 18.2 Å². The molecule has 1 aromatic rings. The van der Waals surface area contributed by atoms with E-state index in [0.29, 0.717) is 24.7 Å². The van der Waals surface area contributed by atoms with Gasteiger partial charge in [0.25, 0.3) is 0 Å². The van der Waals surface area contributed by atoms with Crippen LogP contribution in [0.15, 0.2) is 18.2 Å². The minimum absolute atomic E-state index is 0.176. The van der Waals surface area contributed by atoms with Gasteiger partial charge in [-0.1, -0.05) is 0 Å². The molecule has 0 radical (unpaired) electrons. The molecule has 0 saturated carbocycles. The van der Waals surface area contributed by atoms with Gasteiger partial charge in [0.15, 0.2) is 6.61 Å². The van der Waals surface area contributed by atoms with Crippen LogP contribution >= 0.6 is 0 Å². The molecule has 0 aliphatic rings. The average Bonchev–Trinajstić information content (AvgIpc) is 2.39. The molecule has 0 heterocycles. The van der Waals surface area contributed by atoms with Gasteiger partial charge in [-0.05, 0) is 26.0 Å². The summed E-state index contributed by atoms with van der Waals surface area (Å²) in [6, 6.07) is 4.62. The third-order valence-corrected chi connectivity index (χ3v) is 2.17. The van der Waals surface area contributed by atoms with Crippen LogP contribution in [0.5, 0.6) is 11.5 Å². The second-order valence-electron chi connectivity index (χ2n) is 3.84. The van der Waals surface area contributed by atoms with Gasteiger partial charge in [0, 0.05) is 6.07 Å². The molecule has 1 aromatic carbocycles. The summed E-state index contributed by atoms with van der Waals surface area (Å²) in [4.78, 5) is 11.4. The van der Waals surface area contributed by atoms with Crippen LogP contribution in [0.3, 0.4) is 0 Å². The number of hydrogen-bond acceptors (Lipinski definition) is 4. The molecule has 0 aliphatic heterocycles. The first kappa shape index (κ1) is 16.9. The molecule has 0 spiro atoms. The summed E-state index contributed by atoms with van der Waals surface area (Å²) in [7, 11) is 0. The van der Waals surface area contributed by atoms with E-state index < -0.39 is 18.9 Å². The van der Waals surface area contributed by atoms with Crippen molar-refractivity contribution in [3.63, 3.8) is 0 Å². The van der Waals surface area contributed by atoms with Crippen molar-refractivity contribution in [2.24, 2.45) is 0 Å². The summed E-state index contributed by atoms with van der Waals surface area (Å²) in [5.74, 6) is 0.761. The SMILES string of the molecule is CCOc1ccc(OCC)c(NC(=O)OCC(F)(F)F)c1. The van der Waals surface area contributed by atoms with Gasteiger partial charge in [0.2, 0.25) is 0 Å². The molecule has 1 N–H and O–H groups in total. The maximum Gasteiger partial charge on any atom is 0.422 e. The molecule has 21 heavy (non-hydrogen) atoms. The zero-order valence-corrected chi connectivity index (χ0v) is 11.6. The Hall–Kier alpha value is -2.12. The Balaban J connectivity index is 2.78. The van der Waals surface area contributed by atoms with Gasteiger partial charge in [0.05, 0.1) is 18.9 Å². The Morgan fingerprint density at radius 2 is 1.86 bits per heavy atom. The van der Waals surface area contributed by atoms with E-state index in [4.69, 9.17) is 9.47 Å². The van der Waals surface area contributed by atoms with Crippen LogP contribution in [0.1, 0.15) is 13.8 Å². The van der Waals surface area contributed by atoms with E-state index in [1.807, 2.05) is 0 Å². The molecule has 0 fully saturated rings.